The second kappa shape index (κ2) is 11.3. The molecular formula is C25H36N4O2. The van der Waals surface area contributed by atoms with E-state index in [-0.39, 0.29) is 6.04 Å². The van der Waals surface area contributed by atoms with Gasteiger partial charge < -0.3 is 19.4 Å². The van der Waals surface area contributed by atoms with Gasteiger partial charge in [0.25, 0.3) is 0 Å². The van der Waals surface area contributed by atoms with Gasteiger partial charge in [-0.2, -0.15) is 0 Å². The molecule has 6 nitrogen and oxygen atoms in total. The number of nitrogens with zero attached hydrogens (tertiary/aromatic N) is 3. The van der Waals surface area contributed by atoms with Crippen LogP contribution >= 0.6 is 0 Å². The number of nitrogens with one attached hydrogen (secondary N) is 1. The highest BCUT2D eigenvalue weighted by Gasteiger charge is 2.28. The third-order valence-corrected chi connectivity index (χ3v) is 6.25. The Balaban J connectivity index is 1.32. The first-order chi connectivity index (χ1) is 15.3. The Labute approximate surface area is 186 Å². The molecule has 3 heterocycles. The van der Waals surface area contributed by atoms with Crippen molar-refractivity contribution >= 4 is 5.96 Å². The number of aliphatic imine (C=N–C) groups is 1. The van der Waals surface area contributed by atoms with E-state index in [2.05, 4.69) is 52.4 Å². The quantitative estimate of drug-likeness (QED) is 0.488. The lowest BCUT2D eigenvalue weighted by molar-refractivity contribution is 0.0906. The predicted octanol–water partition coefficient (Wildman–Crippen LogP) is 3.92. The summed E-state index contributed by atoms with van der Waals surface area (Å²) in [5.41, 5.74) is 1.23. The molecule has 0 aliphatic carbocycles. The SMILES string of the molecule is CCNC(=NCC(c1ccco1)N1CCCC1)N1CCC(COCc2ccccc2)C1. The van der Waals surface area contributed by atoms with Crippen molar-refractivity contribution < 1.29 is 9.15 Å². The number of hydrogen-bond donors (Lipinski definition) is 1. The van der Waals surface area contributed by atoms with E-state index in [1.165, 1.54) is 18.4 Å². The number of rotatable bonds is 9. The zero-order valence-corrected chi connectivity index (χ0v) is 18.7. The zero-order chi connectivity index (χ0) is 21.3. The molecular weight excluding hydrogens is 388 g/mol. The van der Waals surface area contributed by atoms with Crippen LogP contribution in [0.4, 0.5) is 0 Å². The van der Waals surface area contributed by atoms with E-state index in [9.17, 15) is 0 Å². The van der Waals surface area contributed by atoms with E-state index in [0.717, 1.165) is 64.0 Å². The molecule has 31 heavy (non-hydrogen) atoms. The van der Waals surface area contributed by atoms with Crippen molar-refractivity contribution in [3.8, 4) is 0 Å². The van der Waals surface area contributed by atoms with Gasteiger partial charge in [0.15, 0.2) is 5.96 Å². The van der Waals surface area contributed by atoms with Crippen LogP contribution < -0.4 is 5.32 Å². The third kappa shape index (κ3) is 6.11. The highest BCUT2D eigenvalue weighted by atomic mass is 16.5. The van der Waals surface area contributed by atoms with Crippen molar-refractivity contribution in [3.63, 3.8) is 0 Å². The lowest BCUT2D eigenvalue weighted by Gasteiger charge is -2.26. The Bertz CT molecular complexity index is 787. The molecule has 2 saturated heterocycles. The number of hydrogen-bond acceptors (Lipinski definition) is 4. The first-order valence-electron chi connectivity index (χ1n) is 11.8. The minimum absolute atomic E-state index is 0.221. The fourth-order valence-corrected chi connectivity index (χ4v) is 4.60. The van der Waals surface area contributed by atoms with Crippen molar-refractivity contribution in [1.29, 1.82) is 0 Å². The van der Waals surface area contributed by atoms with Crippen LogP contribution in [0.25, 0.3) is 0 Å². The first kappa shape index (κ1) is 21.9. The summed E-state index contributed by atoms with van der Waals surface area (Å²) in [6, 6.07) is 14.7. The van der Waals surface area contributed by atoms with Gasteiger partial charge in [0.1, 0.15) is 5.76 Å². The highest BCUT2D eigenvalue weighted by molar-refractivity contribution is 5.80. The molecule has 2 unspecified atom stereocenters. The second-order valence-corrected chi connectivity index (χ2v) is 8.57. The lowest BCUT2D eigenvalue weighted by Crippen LogP contribution is -2.41. The number of benzene rings is 1. The molecule has 2 aliphatic heterocycles. The maximum absolute atomic E-state index is 6.00. The van der Waals surface area contributed by atoms with Crippen molar-refractivity contribution in [2.45, 2.75) is 38.8 Å². The molecule has 1 aromatic heterocycles. The van der Waals surface area contributed by atoms with Crippen LogP contribution in [0.2, 0.25) is 0 Å². The maximum atomic E-state index is 6.00. The average molecular weight is 425 g/mol. The number of guanidine groups is 1. The summed E-state index contributed by atoms with van der Waals surface area (Å²) in [5, 5.41) is 3.50. The van der Waals surface area contributed by atoms with Crippen LogP contribution in [0.15, 0.2) is 58.1 Å². The largest absolute Gasteiger partial charge is 0.468 e. The summed E-state index contributed by atoms with van der Waals surface area (Å²) in [6.07, 6.45) is 5.44. The van der Waals surface area contributed by atoms with Crippen LogP contribution in [0.1, 0.15) is 43.6 Å². The minimum Gasteiger partial charge on any atom is -0.468 e. The van der Waals surface area contributed by atoms with Crippen molar-refractivity contribution in [2.75, 3.05) is 45.9 Å². The normalized spacial score (nSPS) is 21.0. The average Bonchev–Trinajstić information content (AvgIpc) is 3.57. The fourth-order valence-electron chi connectivity index (χ4n) is 4.60. The minimum atomic E-state index is 0.221. The van der Waals surface area contributed by atoms with Crippen molar-refractivity contribution in [2.24, 2.45) is 10.9 Å². The highest BCUT2D eigenvalue weighted by Crippen LogP contribution is 2.26. The van der Waals surface area contributed by atoms with Gasteiger partial charge in [0, 0.05) is 25.6 Å². The van der Waals surface area contributed by atoms with Crippen LogP contribution in [0.5, 0.6) is 0 Å². The van der Waals surface area contributed by atoms with Gasteiger partial charge in [-0.05, 0) is 57.0 Å². The lowest BCUT2D eigenvalue weighted by atomic mass is 10.1. The third-order valence-electron chi connectivity index (χ3n) is 6.25. The molecule has 1 N–H and O–H groups in total. The fraction of sp³-hybridized carbons (Fsp3) is 0.560. The molecule has 6 heteroatoms. The zero-order valence-electron chi connectivity index (χ0n) is 18.7. The van der Waals surface area contributed by atoms with Gasteiger partial charge in [-0.1, -0.05) is 30.3 Å². The van der Waals surface area contributed by atoms with E-state index in [0.29, 0.717) is 12.5 Å². The summed E-state index contributed by atoms with van der Waals surface area (Å²) in [5.74, 6) is 2.59. The van der Waals surface area contributed by atoms with Gasteiger partial charge in [-0.3, -0.25) is 9.89 Å². The molecule has 0 saturated carbocycles. The summed E-state index contributed by atoms with van der Waals surface area (Å²) in [6.45, 7) is 9.50. The van der Waals surface area contributed by atoms with Crippen LogP contribution in [-0.4, -0.2) is 61.6 Å². The molecule has 1 aromatic carbocycles. The molecule has 0 bridgehead atoms. The van der Waals surface area contributed by atoms with Gasteiger partial charge in [-0.25, -0.2) is 0 Å². The second-order valence-electron chi connectivity index (χ2n) is 8.57. The molecule has 2 aromatic rings. The van der Waals surface area contributed by atoms with Crippen molar-refractivity contribution in [3.05, 3.63) is 60.1 Å². The number of furan rings is 1. The molecule has 0 spiro atoms. The van der Waals surface area contributed by atoms with E-state index in [1.54, 1.807) is 6.26 Å². The van der Waals surface area contributed by atoms with E-state index in [1.807, 2.05) is 12.1 Å². The van der Waals surface area contributed by atoms with Crippen molar-refractivity contribution in [1.82, 2.24) is 15.1 Å². The van der Waals surface area contributed by atoms with Crippen LogP contribution in [-0.2, 0) is 11.3 Å². The molecule has 0 radical (unpaired) electrons. The molecule has 168 valence electrons. The Hall–Kier alpha value is -2.31. The summed E-state index contributed by atoms with van der Waals surface area (Å²) < 4.78 is 11.8. The van der Waals surface area contributed by atoms with Crippen LogP contribution in [0, 0.1) is 5.92 Å². The smallest absolute Gasteiger partial charge is 0.193 e. The maximum Gasteiger partial charge on any atom is 0.193 e. The molecule has 0 amide bonds. The summed E-state index contributed by atoms with van der Waals surface area (Å²) >= 11 is 0. The Morgan fingerprint density at radius 3 is 2.74 bits per heavy atom. The van der Waals surface area contributed by atoms with Crippen LogP contribution in [0.3, 0.4) is 0 Å². The van der Waals surface area contributed by atoms with Gasteiger partial charge in [-0.15, -0.1) is 0 Å². The Morgan fingerprint density at radius 2 is 2.00 bits per heavy atom. The van der Waals surface area contributed by atoms with E-state index >= 15 is 0 Å². The van der Waals surface area contributed by atoms with E-state index in [4.69, 9.17) is 14.1 Å². The van der Waals surface area contributed by atoms with Gasteiger partial charge in [0.2, 0.25) is 0 Å². The predicted molar refractivity (Wildman–Crippen MR) is 124 cm³/mol. The molecule has 4 rings (SSSR count). The van der Waals surface area contributed by atoms with E-state index < -0.39 is 0 Å². The topological polar surface area (TPSA) is 53.2 Å². The summed E-state index contributed by atoms with van der Waals surface area (Å²) in [7, 11) is 0. The Kier molecular flexibility index (Phi) is 8.02. The van der Waals surface area contributed by atoms with Gasteiger partial charge >= 0.3 is 0 Å². The monoisotopic (exact) mass is 424 g/mol. The standard InChI is InChI=1S/C25H36N4O2/c1-2-26-25(27-17-23(24-11-8-16-31-24)28-13-6-7-14-28)29-15-12-22(18-29)20-30-19-21-9-4-3-5-10-21/h3-5,8-11,16,22-23H,2,6-7,12-15,17-20H2,1H3,(H,26,27). The number of likely N-dealkylation sites (tertiary alicyclic amines) is 2. The molecule has 2 atom stereocenters. The molecule has 2 fully saturated rings. The summed E-state index contributed by atoms with van der Waals surface area (Å²) in [4.78, 5) is 9.95. The van der Waals surface area contributed by atoms with Gasteiger partial charge in [0.05, 0.1) is 32.1 Å². The first-order valence-corrected chi connectivity index (χ1v) is 11.8. The number of ether oxygens (including phenoxy) is 1. The molecule has 2 aliphatic rings. The Morgan fingerprint density at radius 1 is 1.16 bits per heavy atom.